The number of esters is 2. The van der Waals surface area contributed by atoms with Gasteiger partial charge >= 0.3 is 11.9 Å². The molecule has 1 aliphatic carbocycles. The SMILES string of the molecule is O=C1CCCC(=O)OCC2CCC(CC2)CO1. The topological polar surface area (TPSA) is 52.6 Å². The third kappa shape index (κ3) is 4.02. The van der Waals surface area contributed by atoms with Gasteiger partial charge in [0, 0.05) is 12.8 Å². The average Bonchev–Trinajstić information content (AvgIpc) is 2.36. The van der Waals surface area contributed by atoms with Crippen LogP contribution in [0, 0.1) is 11.8 Å². The van der Waals surface area contributed by atoms with Crippen molar-refractivity contribution in [1.82, 2.24) is 0 Å². The Hall–Kier alpha value is -1.06. The van der Waals surface area contributed by atoms with Crippen LogP contribution >= 0.6 is 0 Å². The second-order valence-electron chi connectivity index (χ2n) is 5.11. The fraction of sp³-hybridized carbons (Fsp3) is 0.846. The maximum absolute atomic E-state index is 11.4. The summed E-state index contributed by atoms with van der Waals surface area (Å²) < 4.78 is 10.5. The summed E-state index contributed by atoms with van der Waals surface area (Å²) in [7, 11) is 0. The van der Waals surface area contributed by atoms with Crippen molar-refractivity contribution in [3.8, 4) is 0 Å². The highest BCUT2D eigenvalue weighted by Gasteiger charge is 2.24. The van der Waals surface area contributed by atoms with E-state index in [0.717, 1.165) is 25.7 Å². The van der Waals surface area contributed by atoms with Crippen LogP contribution in [0.3, 0.4) is 0 Å². The number of hydrogen-bond acceptors (Lipinski definition) is 4. The van der Waals surface area contributed by atoms with Crippen LogP contribution in [0.25, 0.3) is 0 Å². The van der Waals surface area contributed by atoms with E-state index in [9.17, 15) is 9.59 Å². The number of carbonyl (C=O) groups excluding carboxylic acids is 2. The molecule has 0 aromatic carbocycles. The summed E-state index contributed by atoms with van der Waals surface area (Å²) in [6.07, 6.45) is 5.50. The standard InChI is InChI=1S/C13H20O4/c14-12-2-1-3-13(15)17-9-11-6-4-10(5-7-11)8-16-12/h10-11H,1-9H2. The lowest BCUT2D eigenvalue weighted by Crippen LogP contribution is -2.23. The van der Waals surface area contributed by atoms with E-state index in [4.69, 9.17) is 9.47 Å². The fourth-order valence-electron chi connectivity index (χ4n) is 2.51. The Morgan fingerprint density at radius 3 is 1.59 bits per heavy atom. The molecule has 0 radical (unpaired) electrons. The summed E-state index contributed by atoms with van der Waals surface area (Å²) in [5.41, 5.74) is 0. The summed E-state index contributed by atoms with van der Waals surface area (Å²) >= 11 is 0. The molecular weight excluding hydrogens is 220 g/mol. The Labute approximate surface area is 102 Å². The van der Waals surface area contributed by atoms with Crippen LogP contribution in [0.2, 0.25) is 0 Å². The molecular formula is C13H20O4. The Kier molecular flexibility index (Phi) is 4.40. The summed E-state index contributed by atoms with van der Waals surface area (Å²) in [6, 6.07) is 0. The lowest BCUT2D eigenvalue weighted by molar-refractivity contribution is -0.146. The Morgan fingerprint density at radius 2 is 1.18 bits per heavy atom. The highest BCUT2D eigenvalue weighted by Crippen LogP contribution is 2.29. The van der Waals surface area contributed by atoms with Crippen LogP contribution in [0.1, 0.15) is 44.9 Å². The van der Waals surface area contributed by atoms with E-state index < -0.39 is 0 Å². The molecule has 0 amide bonds. The van der Waals surface area contributed by atoms with Gasteiger partial charge < -0.3 is 9.47 Å². The zero-order valence-corrected chi connectivity index (χ0v) is 10.2. The van der Waals surface area contributed by atoms with Gasteiger partial charge in [-0.15, -0.1) is 0 Å². The molecule has 2 bridgehead atoms. The molecule has 4 nitrogen and oxygen atoms in total. The molecule has 0 aromatic rings. The summed E-state index contributed by atoms with van der Waals surface area (Å²) in [6.45, 7) is 1.11. The molecule has 0 N–H and O–H groups in total. The monoisotopic (exact) mass is 240 g/mol. The highest BCUT2D eigenvalue weighted by molar-refractivity contribution is 5.72. The first-order valence-electron chi connectivity index (χ1n) is 6.55. The first kappa shape index (κ1) is 12.4. The lowest BCUT2D eigenvalue weighted by atomic mass is 9.83. The van der Waals surface area contributed by atoms with E-state index in [-0.39, 0.29) is 11.9 Å². The molecule has 0 atom stereocenters. The minimum atomic E-state index is -0.181. The lowest BCUT2D eigenvalue weighted by Gasteiger charge is -2.27. The largest absolute Gasteiger partial charge is 0.465 e. The predicted octanol–water partition coefficient (Wildman–Crippen LogP) is 2.06. The van der Waals surface area contributed by atoms with Gasteiger partial charge in [-0.05, 0) is 43.9 Å². The first-order valence-corrected chi connectivity index (χ1v) is 6.55. The van der Waals surface area contributed by atoms with Gasteiger partial charge in [0.05, 0.1) is 13.2 Å². The number of rotatable bonds is 0. The smallest absolute Gasteiger partial charge is 0.305 e. The van der Waals surface area contributed by atoms with Crippen LogP contribution in [0.5, 0.6) is 0 Å². The van der Waals surface area contributed by atoms with E-state index in [1.54, 1.807) is 0 Å². The van der Waals surface area contributed by atoms with Crippen LogP contribution in [0.4, 0.5) is 0 Å². The maximum atomic E-state index is 11.4. The molecule has 1 saturated carbocycles. The molecule has 0 unspecified atom stereocenters. The van der Waals surface area contributed by atoms with Gasteiger partial charge in [0.15, 0.2) is 0 Å². The Morgan fingerprint density at radius 1 is 0.765 bits per heavy atom. The van der Waals surface area contributed by atoms with E-state index in [0.29, 0.717) is 44.3 Å². The molecule has 3 fully saturated rings. The molecule has 2 saturated heterocycles. The minimum absolute atomic E-state index is 0.181. The number of hydrogen-bond donors (Lipinski definition) is 0. The van der Waals surface area contributed by atoms with Crippen molar-refractivity contribution in [2.75, 3.05) is 13.2 Å². The normalized spacial score (nSPS) is 31.8. The molecule has 96 valence electrons. The second kappa shape index (κ2) is 6.03. The predicted molar refractivity (Wildman–Crippen MR) is 61.2 cm³/mol. The van der Waals surface area contributed by atoms with Gasteiger partial charge in [-0.25, -0.2) is 0 Å². The van der Waals surface area contributed by atoms with Crippen LogP contribution in [0.15, 0.2) is 0 Å². The van der Waals surface area contributed by atoms with Crippen molar-refractivity contribution in [3.05, 3.63) is 0 Å². The van der Waals surface area contributed by atoms with Gasteiger partial charge in [-0.1, -0.05) is 0 Å². The minimum Gasteiger partial charge on any atom is -0.465 e. The van der Waals surface area contributed by atoms with Crippen LogP contribution < -0.4 is 0 Å². The van der Waals surface area contributed by atoms with Crippen molar-refractivity contribution in [2.45, 2.75) is 44.9 Å². The fourth-order valence-corrected chi connectivity index (χ4v) is 2.51. The Bertz CT molecular complexity index is 251. The summed E-state index contributed by atoms with van der Waals surface area (Å²) in [4.78, 5) is 22.8. The Balaban J connectivity index is 1.90. The van der Waals surface area contributed by atoms with Crippen molar-refractivity contribution >= 4 is 11.9 Å². The van der Waals surface area contributed by atoms with E-state index in [2.05, 4.69) is 0 Å². The van der Waals surface area contributed by atoms with Gasteiger partial charge in [0.25, 0.3) is 0 Å². The summed E-state index contributed by atoms with van der Waals surface area (Å²) in [5, 5.41) is 0. The van der Waals surface area contributed by atoms with Crippen molar-refractivity contribution < 1.29 is 19.1 Å². The molecule has 0 spiro atoms. The highest BCUT2D eigenvalue weighted by atomic mass is 16.5. The number of fused-ring (bicyclic) bond motifs is 10. The molecule has 0 aromatic heterocycles. The second-order valence-corrected chi connectivity index (χ2v) is 5.11. The quantitative estimate of drug-likeness (QED) is 0.608. The maximum Gasteiger partial charge on any atom is 0.305 e. The zero-order chi connectivity index (χ0) is 12.1. The van der Waals surface area contributed by atoms with Crippen molar-refractivity contribution in [3.63, 3.8) is 0 Å². The average molecular weight is 240 g/mol. The molecule has 2 aliphatic heterocycles. The van der Waals surface area contributed by atoms with Crippen molar-refractivity contribution in [2.24, 2.45) is 11.8 Å². The van der Waals surface area contributed by atoms with E-state index >= 15 is 0 Å². The molecule has 4 heteroatoms. The van der Waals surface area contributed by atoms with Crippen LogP contribution in [-0.2, 0) is 19.1 Å². The van der Waals surface area contributed by atoms with Crippen molar-refractivity contribution in [1.29, 1.82) is 0 Å². The molecule has 2 heterocycles. The molecule has 3 rings (SSSR count). The van der Waals surface area contributed by atoms with Gasteiger partial charge in [-0.2, -0.15) is 0 Å². The molecule has 3 aliphatic rings. The summed E-state index contributed by atoms with van der Waals surface area (Å²) in [5.74, 6) is 0.650. The van der Waals surface area contributed by atoms with Gasteiger partial charge in [-0.3, -0.25) is 9.59 Å². The van der Waals surface area contributed by atoms with Gasteiger partial charge in [0.1, 0.15) is 0 Å². The van der Waals surface area contributed by atoms with Crippen LogP contribution in [-0.4, -0.2) is 25.2 Å². The first-order chi connectivity index (χ1) is 8.24. The third-order valence-electron chi connectivity index (χ3n) is 3.69. The number of ether oxygens (including phenoxy) is 2. The zero-order valence-electron chi connectivity index (χ0n) is 10.2. The van der Waals surface area contributed by atoms with Gasteiger partial charge in [0.2, 0.25) is 0 Å². The van der Waals surface area contributed by atoms with E-state index in [1.807, 2.05) is 0 Å². The third-order valence-corrected chi connectivity index (χ3v) is 3.69. The van der Waals surface area contributed by atoms with E-state index in [1.165, 1.54) is 0 Å². The molecule has 17 heavy (non-hydrogen) atoms. The number of carbonyl (C=O) groups is 2.